The van der Waals surface area contributed by atoms with Crippen LogP contribution in [-0.2, 0) is 23.8 Å². The Labute approximate surface area is 114 Å². The van der Waals surface area contributed by atoms with E-state index in [4.69, 9.17) is 0 Å². The molecule has 0 bridgehead atoms. The van der Waals surface area contributed by atoms with Gasteiger partial charge in [-0.3, -0.25) is 4.21 Å². The van der Waals surface area contributed by atoms with E-state index in [2.05, 4.69) is 43.4 Å². The fraction of sp³-hybridized carbons (Fsp3) is 0.600. The second kappa shape index (κ2) is 8.44. The molecule has 102 valence electrons. The van der Waals surface area contributed by atoms with Gasteiger partial charge in [-0.2, -0.15) is 0 Å². The molecule has 1 rings (SSSR count). The summed E-state index contributed by atoms with van der Waals surface area (Å²) < 4.78 is 10.9. The Morgan fingerprint density at radius 3 is 2.33 bits per heavy atom. The van der Waals surface area contributed by atoms with Gasteiger partial charge in [0, 0.05) is 29.4 Å². The Balaban J connectivity index is 2.24. The Hall–Kier alpha value is -0.670. The van der Waals surface area contributed by atoms with E-state index in [1.807, 2.05) is 0 Å². The summed E-state index contributed by atoms with van der Waals surface area (Å²) >= 11 is 0. The molecule has 1 unspecified atom stereocenters. The van der Waals surface area contributed by atoms with Crippen molar-refractivity contribution in [2.24, 2.45) is 5.92 Å². The molecule has 1 atom stereocenters. The summed E-state index contributed by atoms with van der Waals surface area (Å²) in [6, 6.07) is 8.83. The monoisotopic (exact) mass is 267 g/mol. The van der Waals surface area contributed by atoms with Gasteiger partial charge in [0.15, 0.2) is 0 Å². The van der Waals surface area contributed by atoms with E-state index in [1.54, 1.807) is 6.26 Å². The SMILES string of the molecule is CC(C)Cc1ccc(CNCCCS(C)=O)cc1. The van der Waals surface area contributed by atoms with Gasteiger partial charge in [-0.05, 0) is 36.4 Å². The van der Waals surface area contributed by atoms with Crippen LogP contribution >= 0.6 is 0 Å². The van der Waals surface area contributed by atoms with Crippen molar-refractivity contribution < 1.29 is 4.21 Å². The molecule has 0 aliphatic carbocycles. The molecule has 1 aromatic carbocycles. The quantitative estimate of drug-likeness (QED) is 0.734. The average Bonchev–Trinajstić information content (AvgIpc) is 2.30. The molecule has 0 saturated carbocycles. The number of hydrogen-bond acceptors (Lipinski definition) is 2. The lowest BCUT2D eigenvalue weighted by Crippen LogP contribution is -2.16. The van der Waals surface area contributed by atoms with Crippen LogP contribution in [-0.4, -0.2) is 22.8 Å². The summed E-state index contributed by atoms with van der Waals surface area (Å²) in [6.07, 6.45) is 3.89. The van der Waals surface area contributed by atoms with Crippen molar-refractivity contribution in [1.82, 2.24) is 5.32 Å². The van der Waals surface area contributed by atoms with Crippen molar-refractivity contribution in [3.05, 3.63) is 35.4 Å². The first-order chi connectivity index (χ1) is 8.58. The van der Waals surface area contributed by atoms with Crippen molar-refractivity contribution >= 4 is 10.8 Å². The van der Waals surface area contributed by atoms with E-state index in [1.165, 1.54) is 11.1 Å². The van der Waals surface area contributed by atoms with Crippen LogP contribution in [0.4, 0.5) is 0 Å². The predicted molar refractivity (Wildman–Crippen MR) is 80.2 cm³/mol. The molecular weight excluding hydrogens is 242 g/mol. The Bertz CT molecular complexity index is 359. The molecule has 0 aromatic heterocycles. The molecule has 3 heteroatoms. The first kappa shape index (κ1) is 15.4. The molecule has 0 spiro atoms. The fourth-order valence-corrected chi connectivity index (χ4v) is 2.45. The fourth-order valence-electron chi connectivity index (χ4n) is 1.90. The summed E-state index contributed by atoms with van der Waals surface area (Å²) in [4.78, 5) is 0. The maximum atomic E-state index is 10.9. The highest BCUT2D eigenvalue weighted by Crippen LogP contribution is 2.09. The first-order valence-corrected chi connectivity index (χ1v) is 8.39. The summed E-state index contributed by atoms with van der Waals surface area (Å²) in [6.45, 7) is 6.33. The molecule has 2 nitrogen and oxygen atoms in total. The summed E-state index contributed by atoms with van der Waals surface area (Å²) in [5.41, 5.74) is 2.73. The summed E-state index contributed by atoms with van der Waals surface area (Å²) in [5, 5.41) is 3.38. The van der Waals surface area contributed by atoms with Crippen molar-refractivity contribution in [2.75, 3.05) is 18.6 Å². The molecule has 0 heterocycles. The third-order valence-electron chi connectivity index (χ3n) is 2.78. The standard InChI is InChI=1S/C15H25NOS/c1-13(2)11-14-5-7-15(8-6-14)12-16-9-4-10-18(3)17/h5-8,13,16H,4,9-12H2,1-3H3. The van der Waals surface area contributed by atoms with E-state index >= 15 is 0 Å². The second-order valence-electron chi connectivity index (χ2n) is 5.22. The van der Waals surface area contributed by atoms with Crippen LogP contribution in [0.15, 0.2) is 24.3 Å². The first-order valence-electron chi connectivity index (χ1n) is 6.66. The highest BCUT2D eigenvalue weighted by atomic mass is 32.2. The highest BCUT2D eigenvalue weighted by Gasteiger charge is 1.98. The largest absolute Gasteiger partial charge is 0.313 e. The second-order valence-corrected chi connectivity index (χ2v) is 6.78. The van der Waals surface area contributed by atoms with E-state index in [0.717, 1.165) is 31.7 Å². The lowest BCUT2D eigenvalue weighted by Gasteiger charge is -2.07. The van der Waals surface area contributed by atoms with Gasteiger partial charge in [0.25, 0.3) is 0 Å². The molecule has 0 aliphatic rings. The molecule has 0 fully saturated rings. The van der Waals surface area contributed by atoms with Crippen LogP contribution in [0.2, 0.25) is 0 Å². The molecule has 0 amide bonds. The third-order valence-corrected chi connectivity index (χ3v) is 3.64. The molecule has 18 heavy (non-hydrogen) atoms. The van der Waals surface area contributed by atoms with Crippen LogP contribution in [0.25, 0.3) is 0 Å². The van der Waals surface area contributed by atoms with Gasteiger partial charge in [0.2, 0.25) is 0 Å². The van der Waals surface area contributed by atoms with Crippen molar-refractivity contribution in [3.63, 3.8) is 0 Å². The van der Waals surface area contributed by atoms with E-state index in [0.29, 0.717) is 5.92 Å². The molecule has 0 aliphatic heterocycles. The molecule has 0 radical (unpaired) electrons. The van der Waals surface area contributed by atoms with E-state index in [9.17, 15) is 4.21 Å². The zero-order chi connectivity index (χ0) is 13.4. The maximum absolute atomic E-state index is 10.9. The normalized spacial score (nSPS) is 12.9. The van der Waals surface area contributed by atoms with Crippen molar-refractivity contribution in [2.45, 2.75) is 33.2 Å². The zero-order valence-corrected chi connectivity index (χ0v) is 12.6. The number of nitrogens with one attached hydrogen (secondary N) is 1. The molecule has 0 saturated heterocycles. The summed E-state index contributed by atoms with van der Waals surface area (Å²) in [7, 11) is -0.662. The summed E-state index contributed by atoms with van der Waals surface area (Å²) in [5.74, 6) is 1.50. The van der Waals surface area contributed by atoms with E-state index in [-0.39, 0.29) is 0 Å². The minimum absolute atomic E-state index is 0.662. The molecular formula is C15H25NOS. The highest BCUT2D eigenvalue weighted by molar-refractivity contribution is 7.84. The zero-order valence-electron chi connectivity index (χ0n) is 11.7. The van der Waals surface area contributed by atoms with Gasteiger partial charge < -0.3 is 5.32 Å². The van der Waals surface area contributed by atoms with Gasteiger partial charge >= 0.3 is 0 Å². The minimum Gasteiger partial charge on any atom is -0.313 e. The van der Waals surface area contributed by atoms with Gasteiger partial charge in [0.1, 0.15) is 0 Å². The average molecular weight is 267 g/mol. The van der Waals surface area contributed by atoms with Gasteiger partial charge in [0.05, 0.1) is 0 Å². The van der Waals surface area contributed by atoms with Gasteiger partial charge in [-0.25, -0.2) is 0 Å². The number of hydrogen-bond donors (Lipinski definition) is 1. The molecule has 1 aromatic rings. The van der Waals surface area contributed by atoms with Gasteiger partial charge in [-0.15, -0.1) is 0 Å². The lowest BCUT2D eigenvalue weighted by atomic mass is 10.0. The minimum atomic E-state index is -0.662. The predicted octanol–water partition coefficient (Wildman–Crippen LogP) is 2.74. The molecule has 1 N–H and O–H groups in total. The van der Waals surface area contributed by atoms with Crippen LogP contribution in [0.1, 0.15) is 31.4 Å². The van der Waals surface area contributed by atoms with Crippen molar-refractivity contribution in [3.8, 4) is 0 Å². The van der Waals surface area contributed by atoms with Gasteiger partial charge in [-0.1, -0.05) is 38.1 Å². The van der Waals surface area contributed by atoms with E-state index < -0.39 is 10.8 Å². The van der Waals surface area contributed by atoms with Crippen LogP contribution in [0, 0.1) is 5.92 Å². The smallest absolute Gasteiger partial charge is 0.0244 e. The Morgan fingerprint density at radius 2 is 1.78 bits per heavy atom. The maximum Gasteiger partial charge on any atom is 0.0244 e. The third kappa shape index (κ3) is 6.92. The van der Waals surface area contributed by atoms with Crippen LogP contribution in [0.5, 0.6) is 0 Å². The Morgan fingerprint density at radius 1 is 1.17 bits per heavy atom. The van der Waals surface area contributed by atoms with Crippen molar-refractivity contribution in [1.29, 1.82) is 0 Å². The van der Waals surface area contributed by atoms with Crippen LogP contribution in [0.3, 0.4) is 0 Å². The topological polar surface area (TPSA) is 29.1 Å². The number of rotatable bonds is 8. The number of benzene rings is 1. The van der Waals surface area contributed by atoms with Crippen LogP contribution < -0.4 is 5.32 Å². The lowest BCUT2D eigenvalue weighted by molar-refractivity contribution is 0.645. The Kier molecular flexibility index (Phi) is 7.21.